The van der Waals surface area contributed by atoms with Crippen molar-refractivity contribution < 1.29 is 14.7 Å². The maximum Gasteiger partial charge on any atom is 0.307 e. The molecular weight excluding hydrogens is 182 g/mol. The van der Waals surface area contributed by atoms with Crippen LogP contribution in [0.15, 0.2) is 0 Å². The third-order valence-corrected chi connectivity index (χ3v) is 3.47. The molecule has 0 radical (unpaired) electrons. The van der Waals surface area contributed by atoms with Gasteiger partial charge in [-0.2, -0.15) is 0 Å². The van der Waals surface area contributed by atoms with Crippen LogP contribution in [0.25, 0.3) is 0 Å². The van der Waals surface area contributed by atoms with E-state index in [1.807, 2.05) is 0 Å². The van der Waals surface area contributed by atoms with Crippen LogP contribution in [0.1, 0.15) is 25.7 Å². The van der Waals surface area contributed by atoms with Gasteiger partial charge in [-0.3, -0.25) is 9.59 Å². The van der Waals surface area contributed by atoms with Gasteiger partial charge in [0, 0.05) is 6.54 Å². The number of nitrogens with one attached hydrogen (secondary N) is 1. The highest BCUT2D eigenvalue weighted by molar-refractivity contribution is 5.86. The Bertz CT molecular complexity index is 260. The Balaban J connectivity index is 2.08. The number of aliphatic carboxylic acids is 1. The lowest BCUT2D eigenvalue weighted by Gasteiger charge is -2.33. The first kappa shape index (κ1) is 9.49. The first-order valence-corrected chi connectivity index (χ1v) is 5.20. The van der Waals surface area contributed by atoms with Crippen molar-refractivity contribution >= 4 is 11.9 Å². The zero-order valence-electron chi connectivity index (χ0n) is 8.03. The largest absolute Gasteiger partial charge is 0.481 e. The van der Waals surface area contributed by atoms with Crippen LogP contribution >= 0.6 is 0 Å². The van der Waals surface area contributed by atoms with E-state index in [4.69, 9.17) is 5.11 Å². The van der Waals surface area contributed by atoms with E-state index in [2.05, 4.69) is 5.32 Å². The van der Waals surface area contributed by atoms with Gasteiger partial charge < -0.3 is 10.4 Å². The topological polar surface area (TPSA) is 66.4 Å². The van der Waals surface area contributed by atoms with Gasteiger partial charge in [0.25, 0.3) is 0 Å². The molecule has 0 bridgehead atoms. The SMILES string of the molecule is O=C1NCCC1C(C(=O)O)C1CCC1. The minimum atomic E-state index is -0.795. The fourth-order valence-electron chi connectivity index (χ4n) is 2.46. The van der Waals surface area contributed by atoms with Gasteiger partial charge in [0.1, 0.15) is 0 Å². The lowest BCUT2D eigenvalue weighted by Crippen LogP contribution is -2.38. The molecule has 0 aromatic carbocycles. The van der Waals surface area contributed by atoms with Crippen LogP contribution < -0.4 is 5.32 Å². The van der Waals surface area contributed by atoms with Crippen molar-refractivity contribution in [3.05, 3.63) is 0 Å². The lowest BCUT2D eigenvalue weighted by molar-refractivity contribution is -0.150. The van der Waals surface area contributed by atoms with Crippen LogP contribution in [0, 0.1) is 17.8 Å². The van der Waals surface area contributed by atoms with E-state index < -0.39 is 11.9 Å². The molecule has 1 heterocycles. The average molecular weight is 197 g/mol. The Morgan fingerprint density at radius 2 is 2.14 bits per heavy atom. The molecule has 1 aliphatic carbocycles. The van der Waals surface area contributed by atoms with Crippen LogP contribution in [-0.4, -0.2) is 23.5 Å². The number of hydrogen-bond acceptors (Lipinski definition) is 2. The Kier molecular flexibility index (Phi) is 2.44. The molecule has 14 heavy (non-hydrogen) atoms. The average Bonchev–Trinajstić information content (AvgIpc) is 2.42. The van der Waals surface area contributed by atoms with E-state index in [0.717, 1.165) is 19.3 Å². The van der Waals surface area contributed by atoms with Gasteiger partial charge in [-0.25, -0.2) is 0 Å². The standard InChI is InChI=1S/C10H15NO3/c12-9-7(4-5-11-9)8(10(13)14)6-2-1-3-6/h6-8H,1-5H2,(H,11,12)(H,13,14). The van der Waals surface area contributed by atoms with Crippen molar-refractivity contribution in [2.75, 3.05) is 6.54 Å². The summed E-state index contributed by atoms with van der Waals surface area (Å²) < 4.78 is 0. The Morgan fingerprint density at radius 3 is 2.50 bits per heavy atom. The van der Waals surface area contributed by atoms with Gasteiger partial charge in [0.05, 0.1) is 11.8 Å². The van der Waals surface area contributed by atoms with Gasteiger partial charge in [-0.05, 0) is 25.2 Å². The Morgan fingerprint density at radius 1 is 1.43 bits per heavy atom. The van der Waals surface area contributed by atoms with Gasteiger partial charge in [0.15, 0.2) is 0 Å². The fourth-order valence-corrected chi connectivity index (χ4v) is 2.46. The van der Waals surface area contributed by atoms with Gasteiger partial charge in [0.2, 0.25) is 5.91 Å². The summed E-state index contributed by atoms with van der Waals surface area (Å²) in [4.78, 5) is 22.5. The van der Waals surface area contributed by atoms with Crippen molar-refractivity contribution in [3.8, 4) is 0 Å². The summed E-state index contributed by atoms with van der Waals surface area (Å²) >= 11 is 0. The molecule has 4 nitrogen and oxygen atoms in total. The molecule has 2 rings (SSSR count). The first-order chi connectivity index (χ1) is 6.70. The molecule has 2 aliphatic rings. The quantitative estimate of drug-likeness (QED) is 0.697. The first-order valence-electron chi connectivity index (χ1n) is 5.20. The van der Waals surface area contributed by atoms with Crippen molar-refractivity contribution in [3.63, 3.8) is 0 Å². The predicted octanol–water partition coefficient (Wildman–Crippen LogP) is 0.623. The van der Waals surface area contributed by atoms with Gasteiger partial charge in [-0.15, -0.1) is 0 Å². The highest BCUT2D eigenvalue weighted by Gasteiger charge is 2.43. The van der Waals surface area contributed by atoms with E-state index in [0.29, 0.717) is 13.0 Å². The van der Waals surface area contributed by atoms with Crippen molar-refractivity contribution in [1.29, 1.82) is 0 Å². The molecule has 1 amide bonds. The molecule has 4 heteroatoms. The predicted molar refractivity (Wildman–Crippen MR) is 49.6 cm³/mol. The highest BCUT2D eigenvalue weighted by atomic mass is 16.4. The van der Waals surface area contributed by atoms with E-state index in [1.54, 1.807) is 0 Å². The molecule has 2 unspecified atom stereocenters. The molecule has 2 fully saturated rings. The normalized spacial score (nSPS) is 29.4. The zero-order valence-corrected chi connectivity index (χ0v) is 8.03. The van der Waals surface area contributed by atoms with Crippen molar-refractivity contribution in [2.45, 2.75) is 25.7 Å². The number of carboxylic acids is 1. The number of hydrogen-bond donors (Lipinski definition) is 2. The summed E-state index contributed by atoms with van der Waals surface area (Å²) in [5.41, 5.74) is 0. The minimum Gasteiger partial charge on any atom is -0.481 e. The summed E-state index contributed by atoms with van der Waals surface area (Å²) in [7, 11) is 0. The number of rotatable bonds is 3. The van der Waals surface area contributed by atoms with Gasteiger partial charge in [-0.1, -0.05) is 6.42 Å². The second-order valence-corrected chi connectivity index (χ2v) is 4.24. The summed E-state index contributed by atoms with van der Waals surface area (Å²) in [6, 6.07) is 0. The van der Waals surface area contributed by atoms with Crippen LogP contribution in [0.5, 0.6) is 0 Å². The molecule has 0 aromatic rings. The maximum atomic E-state index is 11.4. The summed E-state index contributed by atoms with van der Waals surface area (Å²) in [5.74, 6) is -1.34. The monoisotopic (exact) mass is 197 g/mol. The van der Waals surface area contributed by atoms with Crippen molar-refractivity contribution in [1.82, 2.24) is 5.32 Å². The maximum absolute atomic E-state index is 11.4. The molecule has 2 atom stereocenters. The van der Waals surface area contributed by atoms with E-state index in [9.17, 15) is 9.59 Å². The minimum absolute atomic E-state index is 0.0655. The molecule has 1 saturated heterocycles. The number of carbonyl (C=O) groups excluding carboxylic acids is 1. The smallest absolute Gasteiger partial charge is 0.307 e. The number of carbonyl (C=O) groups is 2. The molecular formula is C10H15NO3. The van der Waals surface area contributed by atoms with Crippen LogP contribution in [-0.2, 0) is 9.59 Å². The van der Waals surface area contributed by atoms with E-state index >= 15 is 0 Å². The second-order valence-electron chi connectivity index (χ2n) is 4.24. The second kappa shape index (κ2) is 3.59. The third kappa shape index (κ3) is 1.49. The third-order valence-electron chi connectivity index (χ3n) is 3.47. The highest BCUT2D eigenvalue weighted by Crippen LogP contribution is 2.39. The molecule has 2 N–H and O–H groups in total. The van der Waals surface area contributed by atoms with Crippen LogP contribution in [0.4, 0.5) is 0 Å². The lowest BCUT2D eigenvalue weighted by atomic mass is 9.70. The molecule has 78 valence electrons. The van der Waals surface area contributed by atoms with Gasteiger partial charge >= 0.3 is 5.97 Å². The Hall–Kier alpha value is -1.06. The fraction of sp³-hybridized carbons (Fsp3) is 0.800. The summed E-state index contributed by atoms with van der Waals surface area (Å²) in [6.45, 7) is 0.639. The Labute approximate surface area is 82.7 Å². The van der Waals surface area contributed by atoms with E-state index in [-0.39, 0.29) is 17.7 Å². The van der Waals surface area contributed by atoms with Crippen LogP contribution in [0.2, 0.25) is 0 Å². The number of carboxylic acid groups (broad SMARTS) is 1. The zero-order chi connectivity index (χ0) is 10.1. The summed E-state index contributed by atoms with van der Waals surface area (Å²) in [5, 5.41) is 11.8. The molecule has 0 aromatic heterocycles. The van der Waals surface area contributed by atoms with Crippen LogP contribution in [0.3, 0.4) is 0 Å². The van der Waals surface area contributed by atoms with Crippen molar-refractivity contribution in [2.24, 2.45) is 17.8 Å². The molecule has 1 aliphatic heterocycles. The summed E-state index contributed by atoms with van der Waals surface area (Å²) in [6.07, 6.45) is 3.75. The van der Waals surface area contributed by atoms with E-state index in [1.165, 1.54) is 0 Å². The molecule has 0 spiro atoms. The number of amides is 1. The molecule has 1 saturated carbocycles.